The van der Waals surface area contributed by atoms with Crippen molar-refractivity contribution in [3.8, 4) is 0 Å². The molecule has 1 heterocycles. The Morgan fingerprint density at radius 1 is 1.22 bits per heavy atom. The lowest BCUT2D eigenvalue weighted by atomic mass is 10.2. The Morgan fingerprint density at radius 2 is 1.87 bits per heavy atom. The fraction of sp³-hybridized carbons (Fsp3) is 0.647. The number of amides is 2. The first-order chi connectivity index (χ1) is 10.9. The predicted molar refractivity (Wildman–Crippen MR) is 95.0 cm³/mol. The number of nitrogens with one attached hydrogen (secondary N) is 2. The van der Waals surface area contributed by atoms with E-state index < -0.39 is 0 Å². The number of nitrogens with zero attached hydrogens (tertiary/aromatic N) is 1. The third kappa shape index (κ3) is 5.32. The molecule has 23 heavy (non-hydrogen) atoms. The summed E-state index contributed by atoms with van der Waals surface area (Å²) in [5.41, 5.74) is 0. The van der Waals surface area contributed by atoms with Gasteiger partial charge in [0.2, 0.25) is 5.91 Å². The summed E-state index contributed by atoms with van der Waals surface area (Å²) in [4.78, 5) is 26.9. The highest BCUT2D eigenvalue weighted by atomic mass is 32.1. The van der Waals surface area contributed by atoms with Crippen LogP contribution in [0.25, 0.3) is 0 Å². The average molecular weight is 337 g/mol. The van der Waals surface area contributed by atoms with Crippen LogP contribution in [0.3, 0.4) is 0 Å². The lowest BCUT2D eigenvalue weighted by Crippen LogP contribution is -2.42. The summed E-state index contributed by atoms with van der Waals surface area (Å²) in [5.74, 6) is 0.171. The first kappa shape index (κ1) is 17.9. The number of hydrogen-bond donors (Lipinski definition) is 2. The minimum absolute atomic E-state index is 0.0725. The lowest BCUT2D eigenvalue weighted by Gasteiger charge is -2.30. The third-order valence-corrected chi connectivity index (χ3v) is 5.01. The zero-order chi connectivity index (χ0) is 17.0. The van der Waals surface area contributed by atoms with Crippen molar-refractivity contribution in [2.24, 2.45) is 5.92 Å². The third-order valence-electron chi connectivity index (χ3n) is 4.01. The van der Waals surface area contributed by atoms with Crippen molar-refractivity contribution < 1.29 is 9.59 Å². The van der Waals surface area contributed by atoms with E-state index in [0.29, 0.717) is 23.5 Å². The molecule has 1 fully saturated rings. The smallest absolute Gasteiger partial charge is 0.261 e. The van der Waals surface area contributed by atoms with Crippen molar-refractivity contribution in [2.45, 2.75) is 52.6 Å². The van der Waals surface area contributed by atoms with E-state index in [1.807, 2.05) is 0 Å². The molecule has 2 amide bonds. The van der Waals surface area contributed by atoms with Crippen LogP contribution in [0.15, 0.2) is 12.1 Å². The molecule has 128 valence electrons. The molecule has 5 nitrogen and oxygen atoms in total. The fourth-order valence-electron chi connectivity index (χ4n) is 2.59. The van der Waals surface area contributed by atoms with E-state index in [1.54, 1.807) is 12.1 Å². The van der Waals surface area contributed by atoms with Gasteiger partial charge < -0.3 is 10.6 Å². The Bertz CT molecular complexity index is 542. The SMILES string of the molecule is CC(C)N(CCNC(=O)c1ccc(NC(=O)C2CC2)s1)C(C)C. The van der Waals surface area contributed by atoms with Gasteiger partial charge in [0.1, 0.15) is 0 Å². The van der Waals surface area contributed by atoms with Crippen molar-refractivity contribution in [1.29, 1.82) is 0 Å². The quantitative estimate of drug-likeness (QED) is 0.767. The van der Waals surface area contributed by atoms with Gasteiger partial charge in [0.25, 0.3) is 5.91 Å². The van der Waals surface area contributed by atoms with Crippen LogP contribution in [0.1, 0.15) is 50.2 Å². The van der Waals surface area contributed by atoms with Crippen molar-refractivity contribution in [3.63, 3.8) is 0 Å². The topological polar surface area (TPSA) is 61.4 Å². The van der Waals surface area contributed by atoms with Crippen LogP contribution in [0.5, 0.6) is 0 Å². The summed E-state index contributed by atoms with van der Waals surface area (Å²) in [6, 6.07) is 4.48. The number of thiophene rings is 1. The van der Waals surface area contributed by atoms with Crippen LogP contribution in [-0.2, 0) is 4.79 Å². The second kappa shape index (κ2) is 7.93. The maximum Gasteiger partial charge on any atom is 0.261 e. The number of hydrogen-bond acceptors (Lipinski definition) is 4. The zero-order valence-corrected chi connectivity index (χ0v) is 15.2. The summed E-state index contributed by atoms with van der Waals surface area (Å²) < 4.78 is 0. The normalized spacial score (nSPS) is 14.6. The molecule has 2 rings (SSSR count). The Kier molecular flexibility index (Phi) is 6.18. The highest BCUT2D eigenvalue weighted by Gasteiger charge is 2.29. The van der Waals surface area contributed by atoms with Crippen LogP contribution in [0.2, 0.25) is 0 Å². The van der Waals surface area contributed by atoms with E-state index in [4.69, 9.17) is 0 Å². The van der Waals surface area contributed by atoms with E-state index in [1.165, 1.54) is 11.3 Å². The molecule has 0 unspecified atom stereocenters. The summed E-state index contributed by atoms with van der Waals surface area (Å²) in [7, 11) is 0. The van der Waals surface area contributed by atoms with Crippen molar-refractivity contribution in [3.05, 3.63) is 17.0 Å². The molecular formula is C17H27N3O2S. The minimum Gasteiger partial charge on any atom is -0.350 e. The Morgan fingerprint density at radius 3 is 2.43 bits per heavy atom. The van der Waals surface area contributed by atoms with Crippen LogP contribution >= 0.6 is 11.3 Å². The number of anilines is 1. The van der Waals surface area contributed by atoms with E-state index in [0.717, 1.165) is 24.4 Å². The molecule has 0 aromatic carbocycles. The van der Waals surface area contributed by atoms with Gasteiger partial charge in [0, 0.05) is 31.1 Å². The van der Waals surface area contributed by atoms with Crippen LogP contribution < -0.4 is 10.6 Å². The van der Waals surface area contributed by atoms with E-state index in [-0.39, 0.29) is 17.7 Å². The monoisotopic (exact) mass is 337 g/mol. The molecule has 2 N–H and O–H groups in total. The molecule has 0 spiro atoms. The summed E-state index contributed by atoms with van der Waals surface area (Å²) in [6.45, 7) is 10.1. The van der Waals surface area contributed by atoms with Crippen molar-refractivity contribution in [2.75, 3.05) is 18.4 Å². The first-order valence-electron chi connectivity index (χ1n) is 8.33. The standard InChI is InChI=1S/C17H27N3O2S/c1-11(2)20(12(3)4)10-9-18-17(22)14-7-8-15(23-14)19-16(21)13-5-6-13/h7-8,11-13H,5-6,9-10H2,1-4H3,(H,18,22)(H,19,21). The molecule has 0 aliphatic heterocycles. The molecular weight excluding hydrogens is 310 g/mol. The van der Waals surface area contributed by atoms with Gasteiger partial charge >= 0.3 is 0 Å². The maximum absolute atomic E-state index is 12.2. The second-order valence-electron chi connectivity index (χ2n) is 6.61. The van der Waals surface area contributed by atoms with Gasteiger partial charge in [0.15, 0.2) is 0 Å². The second-order valence-corrected chi connectivity index (χ2v) is 7.69. The summed E-state index contributed by atoms with van der Waals surface area (Å²) in [5, 5.41) is 6.58. The first-order valence-corrected chi connectivity index (χ1v) is 9.14. The van der Waals surface area contributed by atoms with Gasteiger partial charge in [-0.15, -0.1) is 11.3 Å². The van der Waals surface area contributed by atoms with Gasteiger partial charge in [-0.25, -0.2) is 0 Å². The van der Waals surface area contributed by atoms with E-state index in [2.05, 4.69) is 43.2 Å². The van der Waals surface area contributed by atoms with Crippen LogP contribution in [0, 0.1) is 5.92 Å². The molecule has 1 aromatic rings. The summed E-state index contributed by atoms with van der Waals surface area (Å²) >= 11 is 1.33. The zero-order valence-electron chi connectivity index (χ0n) is 14.4. The van der Waals surface area contributed by atoms with Crippen LogP contribution in [-0.4, -0.2) is 41.9 Å². The molecule has 1 saturated carbocycles. The number of rotatable bonds is 8. The molecule has 0 saturated heterocycles. The molecule has 1 aromatic heterocycles. The summed E-state index contributed by atoms with van der Waals surface area (Å²) in [6.07, 6.45) is 1.96. The molecule has 6 heteroatoms. The molecule has 0 bridgehead atoms. The fourth-order valence-corrected chi connectivity index (χ4v) is 3.42. The van der Waals surface area contributed by atoms with Gasteiger partial charge in [0.05, 0.1) is 9.88 Å². The van der Waals surface area contributed by atoms with E-state index >= 15 is 0 Å². The molecule has 0 radical (unpaired) electrons. The minimum atomic E-state index is -0.0746. The Hall–Kier alpha value is -1.40. The Balaban J connectivity index is 1.79. The number of carbonyl (C=O) groups excluding carboxylic acids is 2. The molecule has 0 atom stereocenters. The van der Waals surface area contributed by atoms with Crippen LogP contribution in [0.4, 0.5) is 5.00 Å². The molecule has 1 aliphatic rings. The van der Waals surface area contributed by atoms with Gasteiger partial charge in [-0.2, -0.15) is 0 Å². The van der Waals surface area contributed by atoms with Crippen molar-refractivity contribution in [1.82, 2.24) is 10.2 Å². The van der Waals surface area contributed by atoms with Gasteiger partial charge in [-0.05, 0) is 52.7 Å². The highest BCUT2D eigenvalue weighted by molar-refractivity contribution is 7.18. The maximum atomic E-state index is 12.2. The van der Waals surface area contributed by atoms with Gasteiger partial charge in [-0.1, -0.05) is 0 Å². The largest absolute Gasteiger partial charge is 0.350 e. The molecule has 1 aliphatic carbocycles. The van der Waals surface area contributed by atoms with Gasteiger partial charge in [-0.3, -0.25) is 14.5 Å². The van der Waals surface area contributed by atoms with Crippen molar-refractivity contribution >= 4 is 28.2 Å². The van der Waals surface area contributed by atoms with E-state index in [9.17, 15) is 9.59 Å². The average Bonchev–Trinajstić information content (AvgIpc) is 3.23. The lowest BCUT2D eigenvalue weighted by molar-refractivity contribution is -0.117. The predicted octanol–water partition coefficient (Wildman–Crippen LogP) is 2.95. The highest BCUT2D eigenvalue weighted by Crippen LogP contribution is 2.31. The Labute approximate surface area is 142 Å². The number of carbonyl (C=O) groups is 2.